The standard InChI is InChI=1S/C11H20O2.C3H8/c1-4-6-8-10(7-5-2)9(3)11(12)13;1-3-2/h10H,3-8H2,1-2H3,(H,12,13);3H2,1-2H3. The first-order chi connectivity index (χ1) is 7.54. The maximum Gasteiger partial charge on any atom is 0.331 e. The number of carboxylic acid groups (broad SMARTS) is 1. The summed E-state index contributed by atoms with van der Waals surface area (Å²) in [4.78, 5) is 10.7. The Balaban J connectivity index is 0. The molecule has 0 radical (unpaired) electrons. The number of aliphatic carboxylic acids is 1. The summed E-state index contributed by atoms with van der Waals surface area (Å²) >= 11 is 0. The van der Waals surface area contributed by atoms with Crippen LogP contribution in [0.5, 0.6) is 0 Å². The summed E-state index contributed by atoms with van der Waals surface area (Å²) in [5, 5.41) is 8.78. The van der Waals surface area contributed by atoms with Gasteiger partial charge in [0.05, 0.1) is 0 Å². The maximum absolute atomic E-state index is 10.7. The van der Waals surface area contributed by atoms with E-state index < -0.39 is 5.97 Å². The molecule has 0 spiro atoms. The third kappa shape index (κ3) is 9.75. The number of rotatable bonds is 7. The first-order valence-electron chi connectivity index (χ1n) is 6.46. The quantitative estimate of drug-likeness (QED) is 0.644. The first-order valence-corrected chi connectivity index (χ1v) is 6.46. The fraction of sp³-hybridized carbons (Fsp3) is 0.786. The molecule has 0 fully saturated rings. The van der Waals surface area contributed by atoms with Gasteiger partial charge in [0.15, 0.2) is 0 Å². The summed E-state index contributed by atoms with van der Waals surface area (Å²) in [5.74, 6) is -0.656. The zero-order valence-corrected chi connectivity index (χ0v) is 11.4. The van der Waals surface area contributed by atoms with Gasteiger partial charge in [0, 0.05) is 5.57 Å². The SMILES string of the molecule is C=C(C(=O)O)C(CCC)CCCC.CCC. The highest BCUT2D eigenvalue weighted by molar-refractivity contribution is 5.86. The van der Waals surface area contributed by atoms with Gasteiger partial charge in [-0.2, -0.15) is 0 Å². The van der Waals surface area contributed by atoms with Crippen molar-refractivity contribution in [3.63, 3.8) is 0 Å². The van der Waals surface area contributed by atoms with Crippen LogP contribution >= 0.6 is 0 Å². The van der Waals surface area contributed by atoms with Crippen LogP contribution in [0.3, 0.4) is 0 Å². The Kier molecular flexibility index (Phi) is 13.5. The average Bonchev–Trinajstić information content (AvgIpc) is 2.24. The molecule has 0 bridgehead atoms. The van der Waals surface area contributed by atoms with Crippen LogP contribution in [-0.4, -0.2) is 11.1 Å². The highest BCUT2D eigenvalue weighted by Crippen LogP contribution is 2.22. The average molecular weight is 228 g/mol. The van der Waals surface area contributed by atoms with Gasteiger partial charge in [0.1, 0.15) is 0 Å². The molecule has 2 nitrogen and oxygen atoms in total. The van der Waals surface area contributed by atoms with Gasteiger partial charge in [-0.05, 0) is 18.8 Å². The molecule has 2 heteroatoms. The summed E-state index contributed by atoms with van der Waals surface area (Å²) in [7, 11) is 0. The Morgan fingerprint density at radius 1 is 1.12 bits per heavy atom. The van der Waals surface area contributed by atoms with Crippen molar-refractivity contribution in [2.75, 3.05) is 0 Å². The second-order valence-electron chi connectivity index (χ2n) is 4.17. The van der Waals surface area contributed by atoms with Crippen LogP contribution in [0.25, 0.3) is 0 Å². The molecule has 0 saturated heterocycles. The highest BCUT2D eigenvalue weighted by Gasteiger charge is 2.16. The van der Waals surface area contributed by atoms with Crippen molar-refractivity contribution >= 4 is 5.97 Å². The number of carbonyl (C=O) groups is 1. The predicted molar refractivity (Wildman–Crippen MR) is 70.7 cm³/mol. The van der Waals surface area contributed by atoms with Gasteiger partial charge in [-0.1, -0.05) is 60.0 Å². The molecule has 0 heterocycles. The van der Waals surface area contributed by atoms with Crippen molar-refractivity contribution in [2.45, 2.75) is 66.2 Å². The molecule has 1 unspecified atom stereocenters. The molecular formula is C14H28O2. The van der Waals surface area contributed by atoms with Gasteiger partial charge in [0.2, 0.25) is 0 Å². The second kappa shape index (κ2) is 12.3. The molecule has 0 amide bonds. The fourth-order valence-corrected chi connectivity index (χ4v) is 1.47. The van der Waals surface area contributed by atoms with E-state index >= 15 is 0 Å². The Hall–Kier alpha value is -0.790. The molecule has 0 aliphatic rings. The molecule has 0 rings (SSSR count). The number of unbranched alkanes of at least 4 members (excludes halogenated alkanes) is 1. The zero-order chi connectivity index (χ0) is 13.0. The number of hydrogen-bond donors (Lipinski definition) is 1. The molecule has 1 N–H and O–H groups in total. The lowest BCUT2D eigenvalue weighted by Gasteiger charge is -2.15. The zero-order valence-electron chi connectivity index (χ0n) is 11.4. The summed E-state index contributed by atoms with van der Waals surface area (Å²) in [6.45, 7) is 12.1. The van der Waals surface area contributed by atoms with E-state index in [4.69, 9.17) is 5.11 Å². The van der Waals surface area contributed by atoms with E-state index in [1.165, 1.54) is 6.42 Å². The van der Waals surface area contributed by atoms with Crippen LogP contribution in [0.4, 0.5) is 0 Å². The van der Waals surface area contributed by atoms with Crippen molar-refractivity contribution in [3.05, 3.63) is 12.2 Å². The van der Waals surface area contributed by atoms with Crippen LogP contribution in [0.2, 0.25) is 0 Å². The van der Waals surface area contributed by atoms with Gasteiger partial charge in [-0.15, -0.1) is 0 Å². The Morgan fingerprint density at radius 3 is 1.94 bits per heavy atom. The normalized spacial score (nSPS) is 11.2. The van der Waals surface area contributed by atoms with E-state index in [9.17, 15) is 4.79 Å². The highest BCUT2D eigenvalue weighted by atomic mass is 16.4. The van der Waals surface area contributed by atoms with Gasteiger partial charge in [0.25, 0.3) is 0 Å². The lowest BCUT2D eigenvalue weighted by molar-refractivity contribution is -0.133. The van der Waals surface area contributed by atoms with Crippen LogP contribution in [0.15, 0.2) is 12.2 Å². The minimum atomic E-state index is -0.838. The van der Waals surface area contributed by atoms with Crippen LogP contribution < -0.4 is 0 Å². The minimum absolute atomic E-state index is 0.183. The fourth-order valence-electron chi connectivity index (χ4n) is 1.47. The van der Waals surface area contributed by atoms with E-state index in [-0.39, 0.29) is 5.92 Å². The monoisotopic (exact) mass is 228 g/mol. The summed E-state index contributed by atoms with van der Waals surface area (Å²) < 4.78 is 0. The van der Waals surface area contributed by atoms with Gasteiger partial charge in [-0.25, -0.2) is 4.79 Å². The summed E-state index contributed by atoms with van der Waals surface area (Å²) in [6.07, 6.45) is 6.41. The van der Waals surface area contributed by atoms with Crippen molar-refractivity contribution < 1.29 is 9.90 Å². The Labute approximate surface area is 101 Å². The van der Waals surface area contributed by atoms with Crippen molar-refractivity contribution in [1.82, 2.24) is 0 Å². The lowest BCUT2D eigenvalue weighted by atomic mass is 9.90. The van der Waals surface area contributed by atoms with Crippen LogP contribution in [0.1, 0.15) is 66.2 Å². The topological polar surface area (TPSA) is 37.3 Å². The molecule has 0 aromatic heterocycles. The Bertz CT molecular complexity index is 185. The second-order valence-corrected chi connectivity index (χ2v) is 4.17. The molecule has 0 aromatic carbocycles. The van der Waals surface area contributed by atoms with Crippen LogP contribution in [-0.2, 0) is 4.79 Å². The van der Waals surface area contributed by atoms with E-state index in [1.54, 1.807) is 0 Å². The molecule has 0 saturated carbocycles. The third-order valence-electron chi connectivity index (χ3n) is 2.31. The Morgan fingerprint density at radius 2 is 1.62 bits per heavy atom. The molecule has 16 heavy (non-hydrogen) atoms. The van der Waals surface area contributed by atoms with Gasteiger partial charge < -0.3 is 5.11 Å². The smallest absolute Gasteiger partial charge is 0.331 e. The molecule has 0 aliphatic carbocycles. The van der Waals surface area contributed by atoms with Gasteiger partial charge >= 0.3 is 5.97 Å². The van der Waals surface area contributed by atoms with E-state index in [1.807, 2.05) is 0 Å². The van der Waals surface area contributed by atoms with Crippen molar-refractivity contribution in [2.24, 2.45) is 5.92 Å². The lowest BCUT2D eigenvalue weighted by Crippen LogP contribution is -2.11. The van der Waals surface area contributed by atoms with Crippen molar-refractivity contribution in [3.8, 4) is 0 Å². The van der Waals surface area contributed by atoms with Crippen LogP contribution in [0, 0.1) is 5.92 Å². The molecule has 0 aliphatic heterocycles. The molecule has 96 valence electrons. The largest absolute Gasteiger partial charge is 0.478 e. The van der Waals surface area contributed by atoms with Gasteiger partial charge in [-0.3, -0.25) is 0 Å². The third-order valence-corrected chi connectivity index (χ3v) is 2.31. The molecule has 0 aromatic rings. The number of carboxylic acids is 1. The molecule has 1 atom stereocenters. The first kappa shape index (κ1) is 17.6. The summed E-state index contributed by atoms with van der Waals surface area (Å²) in [5.41, 5.74) is 0.385. The van der Waals surface area contributed by atoms with E-state index in [0.29, 0.717) is 5.57 Å². The number of hydrogen-bond acceptors (Lipinski definition) is 1. The maximum atomic E-state index is 10.7. The van der Waals surface area contributed by atoms with Crippen molar-refractivity contribution in [1.29, 1.82) is 0 Å². The van der Waals surface area contributed by atoms with E-state index in [2.05, 4.69) is 34.3 Å². The molecular weight excluding hydrogens is 200 g/mol. The minimum Gasteiger partial charge on any atom is -0.478 e. The predicted octanol–water partition coefficient (Wildman–Crippen LogP) is 4.65. The summed E-state index contributed by atoms with van der Waals surface area (Å²) in [6, 6.07) is 0. The van der Waals surface area contributed by atoms with E-state index in [0.717, 1.165) is 32.1 Å².